The summed E-state index contributed by atoms with van der Waals surface area (Å²) >= 11 is 0. The molecule has 0 bridgehead atoms. The molecule has 21 heavy (non-hydrogen) atoms. The van der Waals surface area contributed by atoms with Gasteiger partial charge >= 0.3 is 0 Å². The Morgan fingerprint density at radius 1 is 1.19 bits per heavy atom. The van der Waals surface area contributed by atoms with Gasteiger partial charge in [-0.3, -0.25) is 0 Å². The molecule has 0 radical (unpaired) electrons. The Balaban J connectivity index is 1.85. The molecule has 0 saturated carbocycles. The summed E-state index contributed by atoms with van der Waals surface area (Å²) in [7, 11) is -6.77. The first-order valence-corrected chi connectivity index (χ1v) is 10.5. The second kappa shape index (κ2) is 5.43. The smallest absolute Gasteiger partial charge is 0.282 e. The summed E-state index contributed by atoms with van der Waals surface area (Å²) in [6.45, 7) is 1.89. The number of hydrogen-bond donors (Lipinski definition) is 2. The minimum absolute atomic E-state index is 0.0668. The summed E-state index contributed by atoms with van der Waals surface area (Å²) in [5.74, 6) is 0.00593. The third kappa shape index (κ3) is 2.97. The Kier molecular flexibility index (Phi) is 4.04. The average molecular weight is 338 g/mol. The van der Waals surface area contributed by atoms with Crippen LogP contribution in [0.15, 0.2) is 0 Å². The molecule has 3 fully saturated rings. The fourth-order valence-electron chi connectivity index (χ4n) is 3.20. The van der Waals surface area contributed by atoms with Crippen LogP contribution in [0.2, 0.25) is 0 Å². The predicted molar refractivity (Wildman–Crippen MR) is 78.6 cm³/mol. The van der Waals surface area contributed by atoms with Gasteiger partial charge in [0, 0.05) is 38.3 Å². The average Bonchev–Trinajstić information content (AvgIpc) is 2.89. The molecule has 0 aromatic carbocycles. The Labute approximate surface area is 125 Å². The normalized spacial score (nSPS) is 34.4. The molecule has 3 aliphatic heterocycles. The molecule has 3 saturated heterocycles. The van der Waals surface area contributed by atoms with E-state index in [1.165, 1.54) is 8.61 Å². The number of nitrogens with one attached hydrogen (secondary N) is 1. The van der Waals surface area contributed by atoms with Crippen LogP contribution < -0.4 is 11.1 Å². The van der Waals surface area contributed by atoms with Gasteiger partial charge in [-0.15, -0.1) is 0 Å². The number of sulfone groups is 1. The first-order valence-electron chi connectivity index (χ1n) is 7.25. The van der Waals surface area contributed by atoms with Gasteiger partial charge in [0.1, 0.15) is 0 Å². The van der Waals surface area contributed by atoms with Gasteiger partial charge in [0.2, 0.25) is 0 Å². The summed E-state index contributed by atoms with van der Waals surface area (Å²) < 4.78 is 52.0. The molecule has 10 heteroatoms. The van der Waals surface area contributed by atoms with Crippen LogP contribution >= 0.6 is 0 Å². The van der Waals surface area contributed by atoms with Crippen LogP contribution in [0.4, 0.5) is 0 Å². The summed E-state index contributed by atoms with van der Waals surface area (Å²) in [5, 5.41) is 3.06. The number of rotatable bonds is 4. The molecule has 3 aliphatic rings. The van der Waals surface area contributed by atoms with Crippen LogP contribution in [-0.2, 0) is 20.0 Å². The van der Waals surface area contributed by atoms with E-state index < -0.39 is 26.1 Å². The number of hydrogen-bond acceptors (Lipinski definition) is 6. The van der Waals surface area contributed by atoms with Crippen molar-refractivity contribution in [2.75, 3.05) is 37.7 Å². The Morgan fingerprint density at radius 3 is 2.33 bits per heavy atom. The number of nitrogens with zero attached hydrogens (tertiary/aromatic N) is 2. The van der Waals surface area contributed by atoms with Crippen molar-refractivity contribution in [1.82, 2.24) is 13.9 Å². The third-order valence-corrected chi connectivity index (χ3v) is 8.33. The zero-order chi connectivity index (χ0) is 15.3. The lowest BCUT2D eigenvalue weighted by molar-refractivity contribution is 0.190. The first-order chi connectivity index (χ1) is 9.79. The topological polar surface area (TPSA) is 113 Å². The molecule has 2 atom stereocenters. The van der Waals surface area contributed by atoms with Crippen LogP contribution in [0, 0.1) is 0 Å². The van der Waals surface area contributed by atoms with Gasteiger partial charge in [-0.2, -0.15) is 17.0 Å². The zero-order valence-electron chi connectivity index (χ0n) is 11.8. The Hall–Kier alpha value is -0.260. The molecular weight excluding hydrogens is 316 g/mol. The molecule has 0 amide bonds. The monoisotopic (exact) mass is 338 g/mol. The van der Waals surface area contributed by atoms with Gasteiger partial charge in [0.25, 0.3) is 10.2 Å². The van der Waals surface area contributed by atoms with Crippen molar-refractivity contribution in [3.63, 3.8) is 0 Å². The van der Waals surface area contributed by atoms with Crippen molar-refractivity contribution in [3.05, 3.63) is 0 Å². The number of nitrogens with two attached hydrogens (primary N) is 1. The van der Waals surface area contributed by atoms with Gasteiger partial charge < -0.3 is 11.1 Å². The van der Waals surface area contributed by atoms with E-state index >= 15 is 0 Å². The van der Waals surface area contributed by atoms with Crippen molar-refractivity contribution in [1.29, 1.82) is 0 Å². The molecule has 0 aromatic heterocycles. The van der Waals surface area contributed by atoms with Crippen molar-refractivity contribution in [2.24, 2.45) is 5.73 Å². The zero-order valence-corrected chi connectivity index (χ0v) is 13.4. The maximum Gasteiger partial charge on any atom is 0.282 e. The summed E-state index contributed by atoms with van der Waals surface area (Å²) in [6.07, 6.45) is 1.04. The fourth-order valence-corrected chi connectivity index (χ4v) is 7.07. The Morgan fingerprint density at radius 2 is 1.90 bits per heavy atom. The fraction of sp³-hybridized carbons (Fsp3) is 1.00. The van der Waals surface area contributed by atoms with E-state index in [1.807, 2.05) is 0 Å². The maximum absolute atomic E-state index is 12.9. The molecule has 8 nitrogen and oxygen atoms in total. The highest BCUT2D eigenvalue weighted by Gasteiger charge is 2.46. The lowest BCUT2D eigenvalue weighted by atomic mass is 10.1. The molecule has 3 heterocycles. The van der Waals surface area contributed by atoms with E-state index in [0.29, 0.717) is 39.0 Å². The minimum Gasteiger partial charge on any atom is -0.326 e. The molecule has 3 rings (SSSR count). The summed E-state index contributed by atoms with van der Waals surface area (Å²) in [4.78, 5) is 0. The highest BCUT2D eigenvalue weighted by Crippen LogP contribution is 2.28. The minimum atomic E-state index is -3.65. The van der Waals surface area contributed by atoms with E-state index in [0.717, 1.165) is 0 Å². The van der Waals surface area contributed by atoms with E-state index in [2.05, 4.69) is 5.32 Å². The van der Waals surface area contributed by atoms with Crippen molar-refractivity contribution >= 4 is 20.0 Å². The largest absolute Gasteiger partial charge is 0.326 e. The molecule has 0 spiro atoms. The van der Waals surface area contributed by atoms with Crippen LogP contribution in [-0.4, -0.2) is 81.3 Å². The van der Waals surface area contributed by atoms with E-state index in [9.17, 15) is 16.8 Å². The van der Waals surface area contributed by atoms with Gasteiger partial charge in [0.15, 0.2) is 9.84 Å². The van der Waals surface area contributed by atoms with E-state index in [4.69, 9.17) is 5.73 Å². The molecular formula is C11H22N4O4S2. The van der Waals surface area contributed by atoms with E-state index in [-0.39, 0.29) is 23.6 Å². The van der Waals surface area contributed by atoms with Crippen LogP contribution in [0.1, 0.15) is 12.8 Å². The molecule has 3 N–H and O–H groups in total. The van der Waals surface area contributed by atoms with E-state index in [1.54, 1.807) is 0 Å². The SMILES string of the molecule is N[C@@H]1CCN(S(=O)(=O)N(C2CNC2)C2CCS(=O)(=O)C2)C1. The van der Waals surface area contributed by atoms with Crippen LogP contribution in [0.5, 0.6) is 0 Å². The summed E-state index contributed by atoms with van der Waals surface area (Å²) in [6, 6.07) is -0.720. The van der Waals surface area contributed by atoms with Crippen molar-refractivity contribution in [2.45, 2.75) is 31.0 Å². The van der Waals surface area contributed by atoms with Gasteiger partial charge in [-0.1, -0.05) is 0 Å². The Bertz CT molecular complexity index is 602. The van der Waals surface area contributed by atoms with Crippen molar-refractivity contribution < 1.29 is 16.8 Å². The van der Waals surface area contributed by atoms with Crippen LogP contribution in [0.3, 0.4) is 0 Å². The highest BCUT2D eigenvalue weighted by atomic mass is 32.2. The van der Waals surface area contributed by atoms with Gasteiger partial charge in [-0.25, -0.2) is 8.42 Å². The molecule has 122 valence electrons. The van der Waals surface area contributed by atoms with Gasteiger partial charge in [-0.05, 0) is 12.8 Å². The molecule has 1 unspecified atom stereocenters. The highest BCUT2D eigenvalue weighted by molar-refractivity contribution is 7.91. The first kappa shape index (κ1) is 15.6. The summed E-state index contributed by atoms with van der Waals surface area (Å²) in [5.41, 5.74) is 5.81. The maximum atomic E-state index is 12.9. The lowest BCUT2D eigenvalue weighted by Gasteiger charge is -2.41. The predicted octanol–water partition coefficient (Wildman–Crippen LogP) is -2.27. The standard InChI is InChI=1S/C11H22N4O4S2/c12-9-1-3-14(7-9)21(18,19)15(11-5-13-6-11)10-2-4-20(16,17)8-10/h9-11,13H,1-8,12H2/t9-,10?/m1/s1. The molecule has 0 aliphatic carbocycles. The molecule has 0 aromatic rings. The lowest BCUT2D eigenvalue weighted by Crippen LogP contribution is -2.64. The van der Waals surface area contributed by atoms with Gasteiger partial charge in [0.05, 0.1) is 17.5 Å². The second-order valence-corrected chi connectivity index (χ2v) is 10.2. The quantitative estimate of drug-likeness (QED) is 0.597. The van der Waals surface area contributed by atoms with Crippen molar-refractivity contribution in [3.8, 4) is 0 Å². The third-order valence-electron chi connectivity index (χ3n) is 4.47. The van der Waals surface area contributed by atoms with Crippen LogP contribution in [0.25, 0.3) is 0 Å². The second-order valence-electron chi connectivity index (χ2n) is 6.11.